The molecule has 1 saturated heterocycles. The molecule has 0 radical (unpaired) electrons. The van der Waals surface area contributed by atoms with Crippen LogP contribution in [0.1, 0.15) is 16.8 Å². The molecule has 0 bridgehead atoms. The van der Waals surface area contributed by atoms with Crippen LogP contribution < -0.4 is 9.47 Å². The van der Waals surface area contributed by atoms with E-state index < -0.39 is 15.7 Å². The van der Waals surface area contributed by atoms with Crippen LogP contribution in [0.2, 0.25) is 0 Å². The van der Waals surface area contributed by atoms with Gasteiger partial charge in [-0.1, -0.05) is 24.3 Å². The number of ether oxygens (including phenoxy) is 3. The molecule has 0 aliphatic carbocycles. The van der Waals surface area contributed by atoms with Gasteiger partial charge in [0.25, 0.3) is 10.0 Å². The molecule has 1 aromatic heterocycles. The second-order valence-corrected chi connectivity index (χ2v) is 9.80. The van der Waals surface area contributed by atoms with Crippen LogP contribution in [0.5, 0.6) is 11.5 Å². The summed E-state index contributed by atoms with van der Waals surface area (Å²) >= 11 is 0. The van der Waals surface area contributed by atoms with E-state index in [2.05, 4.69) is 5.10 Å². The summed E-state index contributed by atoms with van der Waals surface area (Å²) in [6.45, 7) is -0.0247. The van der Waals surface area contributed by atoms with E-state index in [1.165, 1.54) is 22.1 Å². The standard InChI is InChI=1S/C23H26FN3O5S/c1-26-21(23(24)15-32-16-23)12-22(25-26)33(28,29)27(13-17-4-8-19(30-2)9-5-17)14-18-6-10-20(31-3)11-7-18/h4-12H,13-16H2,1-3H3. The first kappa shape index (κ1) is 23.2. The van der Waals surface area contributed by atoms with Crippen molar-refractivity contribution in [2.75, 3.05) is 27.4 Å². The van der Waals surface area contributed by atoms with Crippen molar-refractivity contribution in [3.05, 3.63) is 71.4 Å². The second-order valence-electron chi connectivity index (χ2n) is 7.92. The van der Waals surface area contributed by atoms with Gasteiger partial charge in [0, 0.05) is 26.2 Å². The van der Waals surface area contributed by atoms with Crippen LogP contribution in [-0.4, -0.2) is 49.9 Å². The minimum Gasteiger partial charge on any atom is -0.497 e. The van der Waals surface area contributed by atoms with Gasteiger partial charge in [0.2, 0.25) is 0 Å². The quantitative estimate of drug-likeness (QED) is 0.473. The topological polar surface area (TPSA) is 82.9 Å². The number of nitrogens with zero attached hydrogens (tertiary/aromatic N) is 3. The van der Waals surface area contributed by atoms with Gasteiger partial charge in [-0.05, 0) is 35.4 Å². The van der Waals surface area contributed by atoms with Gasteiger partial charge in [0.05, 0.1) is 33.1 Å². The van der Waals surface area contributed by atoms with Gasteiger partial charge in [0.1, 0.15) is 11.5 Å². The molecule has 4 rings (SSSR count). The Morgan fingerprint density at radius 3 is 1.88 bits per heavy atom. The maximum atomic E-state index is 14.9. The van der Waals surface area contributed by atoms with Crippen molar-refractivity contribution in [2.24, 2.45) is 7.05 Å². The zero-order valence-electron chi connectivity index (χ0n) is 18.7. The Balaban J connectivity index is 1.67. The number of alkyl halides is 1. The van der Waals surface area contributed by atoms with Crippen molar-refractivity contribution in [2.45, 2.75) is 23.8 Å². The van der Waals surface area contributed by atoms with Crippen molar-refractivity contribution in [3.8, 4) is 11.5 Å². The Morgan fingerprint density at radius 1 is 1.00 bits per heavy atom. The Morgan fingerprint density at radius 2 is 1.48 bits per heavy atom. The molecule has 1 aliphatic heterocycles. The van der Waals surface area contributed by atoms with E-state index in [9.17, 15) is 12.8 Å². The van der Waals surface area contributed by atoms with Crippen molar-refractivity contribution < 1.29 is 27.0 Å². The average Bonchev–Trinajstić information content (AvgIpc) is 3.20. The van der Waals surface area contributed by atoms with Crippen molar-refractivity contribution in [1.29, 1.82) is 0 Å². The van der Waals surface area contributed by atoms with Crippen LogP contribution >= 0.6 is 0 Å². The van der Waals surface area contributed by atoms with Gasteiger partial charge in [-0.3, -0.25) is 4.68 Å². The molecule has 2 aromatic carbocycles. The maximum Gasteiger partial charge on any atom is 0.263 e. The number of hydrogen-bond acceptors (Lipinski definition) is 6. The van der Waals surface area contributed by atoms with Gasteiger partial charge in [-0.2, -0.15) is 9.40 Å². The average molecular weight is 476 g/mol. The number of rotatable bonds is 9. The van der Waals surface area contributed by atoms with E-state index >= 15 is 0 Å². The fourth-order valence-corrected chi connectivity index (χ4v) is 5.03. The summed E-state index contributed by atoms with van der Waals surface area (Å²) in [6, 6.07) is 15.6. The van der Waals surface area contributed by atoms with Crippen LogP contribution in [0.3, 0.4) is 0 Å². The molecule has 0 unspecified atom stereocenters. The SMILES string of the molecule is COc1ccc(CN(Cc2ccc(OC)cc2)S(=O)(=O)c2cc(C3(F)COC3)n(C)n2)cc1. The third-order valence-electron chi connectivity index (χ3n) is 5.62. The third kappa shape index (κ3) is 4.73. The largest absolute Gasteiger partial charge is 0.497 e. The molecule has 1 aliphatic rings. The lowest BCUT2D eigenvalue weighted by Gasteiger charge is -2.33. The Bertz CT molecular complexity index is 1160. The molecule has 33 heavy (non-hydrogen) atoms. The van der Waals surface area contributed by atoms with Gasteiger partial charge in [-0.15, -0.1) is 0 Å². The summed E-state index contributed by atoms with van der Waals surface area (Å²) in [4.78, 5) is 0. The summed E-state index contributed by atoms with van der Waals surface area (Å²) in [6.07, 6.45) is 0. The van der Waals surface area contributed by atoms with E-state index in [4.69, 9.17) is 14.2 Å². The number of hydrogen-bond donors (Lipinski definition) is 0. The van der Waals surface area contributed by atoms with Gasteiger partial charge in [-0.25, -0.2) is 12.8 Å². The Labute approximate surface area is 192 Å². The van der Waals surface area contributed by atoms with E-state index in [-0.39, 0.29) is 37.0 Å². The highest BCUT2D eigenvalue weighted by atomic mass is 32.2. The summed E-state index contributed by atoms with van der Waals surface area (Å²) in [5.74, 6) is 1.35. The monoisotopic (exact) mass is 475 g/mol. The molecule has 0 N–H and O–H groups in total. The zero-order valence-corrected chi connectivity index (χ0v) is 19.5. The highest BCUT2D eigenvalue weighted by molar-refractivity contribution is 7.89. The summed E-state index contributed by atoms with van der Waals surface area (Å²) in [5, 5.41) is 3.94. The lowest BCUT2D eigenvalue weighted by molar-refractivity contribution is -0.139. The number of methoxy groups -OCH3 is 2. The van der Waals surface area contributed by atoms with Gasteiger partial charge >= 0.3 is 0 Å². The molecule has 0 atom stereocenters. The van der Waals surface area contributed by atoms with Crippen molar-refractivity contribution in [1.82, 2.24) is 14.1 Å². The second kappa shape index (κ2) is 9.12. The summed E-state index contributed by atoms with van der Waals surface area (Å²) in [5.41, 5.74) is 0.00438. The lowest BCUT2D eigenvalue weighted by atomic mass is 10.0. The number of aromatic nitrogens is 2. The van der Waals surface area contributed by atoms with Crippen LogP contribution in [0.4, 0.5) is 4.39 Å². The van der Waals surface area contributed by atoms with Gasteiger partial charge < -0.3 is 14.2 Å². The fraction of sp³-hybridized carbons (Fsp3) is 0.348. The Kier molecular flexibility index (Phi) is 6.42. The van der Waals surface area contributed by atoms with Crippen molar-refractivity contribution in [3.63, 3.8) is 0 Å². The molecule has 8 nitrogen and oxygen atoms in total. The molecule has 176 valence electrons. The predicted octanol–water partition coefficient (Wildman–Crippen LogP) is 3.02. The summed E-state index contributed by atoms with van der Waals surface area (Å²) in [7, 11) is 0.626. The lowest BCUT2D eigenvalue weighted by Crippen LogP contribution is -2.43. The minimum atomic E-state index is -4.04. The third-order valence-corrected chi connectivity index (χ3v) is 7.28. The van der Waals surface area contributed by atoms with Gasteiger partial charge in [0.15, 0.2) is 10.7 Å². The first-order valence-electron chi connectivity index (χ1n) is 10.3. The highest BCUT2D eigenvalue weighted by Crippen LogP contribution is 2.35. The summed E-state index contributed by atoms with van der Waals surface area (Å²) < 4.78 is 60.2. The number of halogens is 1. The molecule has 0 saturated carbocycles. The Hall–Kier alpha value is -2.95. The number of aryl methyl sites for hydroxylation is 1. The first-order valence-corrected chi connectivity index (χ1v) is 11.8. The smallest absolute Gasteiger partial charge is 0.263 e. The van der Waals surface area contributed by atoms with Crippen LogP contribution in [-0.2, 0) is 40.6 Å². The number of benzene rings is 2. The normalized spacial score (nSPS) is 15.3. The van der Waals surface area contributed by atoms with E-state index in [1.807, 2.05) is 24.3 Å². The van der Waals surface area contributed by atoms with Crippen molar-refractivity contribution >= 4 is 10.0 Å². The van der Waals surface area contributed by atoms with E-state index in [0.29, 0.717) is 11.5 Å². The molecule has 2 heterocycles. The van der Waals surface area contributed by atoms with Crippen LogP contribution in [0.15, 0.2) is 59.6 Å². The fourth-order valence-electron chi connectivity index (χ4n) is 3.64. The molecular weight excluding hydrogens is 449 g/mol. The molecule has 10 heteroatoms. The predicted molar refractivity (Wildman–Crippen MR) is 119 cm³/mol. The van der Waals surface area contributed by atoms with E-state index in [0.717, 1.165) is 11.1 Å². The van der Waals surface area contributed by atoms with Crippen LogP contribution in [0.25, 0.3) is 0 Å². The molecule has 3 aromatic rings. The molecule has 1 fully saturated rings. The van der Waals surface area contributed by atoms with Crippen LogP contribution in [0, 0.1) is 0 Å². The van der Waals surface area contributed by atoms with E-state index in [1.54, 1.807) is 38.5 Å². The number of sulfonamides is 1. The minimum absolute atomic E-state index is 0.105. The first-order chi connectivity index (χ1) is 15.7. The highest BCUT2D eigenvalue weighted by Gasteiger charge is 2.44. The zero-order chi connectivity index (χ0) is 23.6. The molecular formula is C23H26FN3O5S. The maximum absolute atomic E-state index is 14.9. The molecule has 0 amide bonds. The molecule has 0 spiro atoms.